The Kier molecular flexibility index (Phi) is 5.30. The molecule has 0 atom stereocenters. The van der Waals surface area contributed by atoms with Crippen LogP contribution in [0.5, 0.6) is 0 Å². The summed E-state index contributed by atoms with van der Waals surface area (Å²) in [6.07, 6.45) is 0. The Morgan fingerprint density at radius 1 is 0.933 bits per heavy atom. The quantitative estimate of drug-likeness (QED) is 0.441. The van der Waals surface area contributed by atoms with Crippen LogP contribution in [-0.2, 0) is 16.1 Å². The van der Waals surface area contributed by atoms with Crippen LogP contribution in [0.2, 0.25) is 0 Å². The van der Waals surface area contributed by atoms with Gasteiger partial charge in [-0.2, -0.15) is 0 Å². The molecular weight excluding hydrogens is 382 g/mol. The molecule has 6 heteroatoms. The minimum absolute atomic E-state index is 0.0560. The van der Waals surface area contributed by atoms with E-state index in [-0.39, 0.29) is 12.4 Å². The number of pyridine rings is 1. The number of methoxy groups -OCH3 is 1. The number of carbonyl (C=O) groups excluding carboxylic acids is 2. The van der Waals surface area contributed by atoms with Crippen molar-refractivity contribution in [2.75, 3.05) is 7.11 Å². The molecule has 0 spiro atoms. The van der Waals surface area contributed by atoms with E-state index in [1.807, 2.05) is 61.5 Å². The lowest BCUT2D eigenvalue weighted by atomic mass is 9.98. The first-order valence-corrected chi connectivity index (χ1v) is 9.37. The van der Waals surface area contributed by atoms with Gasteiger partial charge in [0.15, 0.2) is 0 Å². The van der Waals surface area contributed by atoms with Crippen LogP contribution < -0.4 is 0 Å². The molecule has 0 aliphatic rings. The highest BCUT2D eigenvalue weighted by Crippen LogP contribution is 2.30. The Morgan fingerprint density at radius 3 is 2.43 bits per heavy atom. The predicted octanol–water partition coefficient (Wildman–Crippen LogP) is 4.95. The minimum atomic E-state index is -0.587. The highest BCUT2D eigenvalue weighted by Gasteiger charge is 2.21. The molecule has 0 radical (unpaired) electrons. The summed E-state index contributed by atoms with van der Waals surface area (Å²) in [4.78, 5) is 29.3. The molecule has 0 saturated heterocycles. The molecule has 0 aliphatic carbocycles. The summed E-state index contributed by atoms with van der Waals surface area (Å²) in [7, 11) is 1.27. The van der Waals surface area contributed by atoms with Crippen molar-refractivity contribution in [2.24, 2.45) is 0 Å². The normalized spacial score (nSPS) is 10.7. The number of benzene rings is 2. The molecule has 30 heavy (non-hydrogen) atoms. The summed E-state index contributed by atoms with van der Waals surface area (Å²) in [6, 6.07) is 20.2. The molecule has 0 unspecified atom stereocenters. The fourth-order valence-electron chi connectivity index (χ4n) is 3.32. The average molecular weight is 401 g/mol. The van der Waals surface area contributed by atoms with E-state index >= 15 is 0 Å². The van der Waals surface area contributed by atoms with Gasteiger partial charge >= 0.3 is 11.9 Å². The van der Waals surface area contributed by atoms with E-state index < -0.39 is 11.9 Å². The number of ether oxygens (including phenoxy) is 2. The zero-order chi connectivity index (χ0) is 21.1. The Bertz CT molecular complexity index is 1230. The van der Waals surface area contributed by atoms with Crippen molar-refractivity contribution in [1.82, 2.24) is 4.98 Å². The second kappa shape index (κ2) is 8.21. The van der Waals surface area contributed by atoms with E-state index in [1.54, 1.807) is 6.07 Å². The summed E-state index contributed by atoms with van der Waals surface area (Å²) >= 11 is 0. The van der Waals surface area contributed by atoms with Crippen LogP contribution in [0, 0.1) is 6.92 Å². The van der Waals surface area contributed by atoms with Gasteiger partial charge in [0.2, 0.25) is 5.76 Å². The molecule has 150 valence electrons. The SMILES string of the molecule is COC(=O)c1ccc(COC(=O)c2c(C)c(-c3ccccc3)nc3ccccc23)o1. The Balaban J connectivity index is 1.69. The van der Waals surface area contributed by atoms with Crippen LogP contribution in [0.25, 0.3) is 22.2 Å². The van der Waals surface area contributed by atoms with Crippen molar-refractivity contribution in [1.29, 1.82) is 0 Å². The summed E-state index contributed by atoms with van der Waals surface area (Å²) in [5.41, 5.74) is 3.55. The van der Waals surface area contributed by atoms with Crippen molar-refractivity contribution < 1.29 is 23.5 Å². The fourth-order valence-corrected chi connectivity index (χ4v) is 3.32. The molecule has 0 aliphatic heterocycles. The van der Waals surface area contributed by atoms with Gasteiger partial charge in [-0.1, -0.05) is 48.5 Å². The lowest BCUT2D eigenvalue weighted by Crippen LogP contribution is -2.10. The first-order valence-electron chi connectivity index (χ1n) is 9.37. The van der Waals surface area contributed by atoms with Crippen LogP contribution >= 0.6 is 0 Å². The smallest absolute Gasteiger partial charge is 0.373 e. The number of esters is 2. The van der Waals surface area contributed by atoms with Crippen molar-refractivity contribution in [2.45, 2.75) is 13.5 Å². The van der Waals surface area contributed by atoms with E-state index in [9.17, 15) is 9.59 Å². The zero-order valence-corrected chi connectivity index (χ0v) is 16.5. The number of hydrogen-bond acceptors (Lipinski definition) is 6. The molecule has 2 aromatic heterocycles. The maximum Gasteiger partial charge on any atom is 0.373 e. The van der Waals surface area contributed by atoms with E-state index in [0.29, 0.717) is 16.8 Å². The number of carbonyl (C=O) groups is 2. The molecule has 2 heterocycles. The molecule has 6 nitrogen and oxygen atoms in total. The molecule has 0 fully saturated rings. The first kappa shape index (κ1) is 19.4. The van der Waals surface area contributed by atoms with Gasteiger partial charge < -0.3 is 13.9 Å². The minimum Gasteiger partial charge on any atom is -0.463 e. The molecule has 0 N–H and O–H groups in total. The largest absolute Gasteiger partial charge is 0.463 e. The zero-order valence-electron chi connectivity index (χ0n) is 16.5. The van der Waals surface area contributed by atoms with Crippen molar-refractivity contribution >= 4 is 22.8 Å². The Hall–Kier alpha value is -3.93. The van der Waals surface area contributed by atoms with Gasteiger partial charge in [-0.05, 0) is 30.7 Å². The van der Waals surface area contributed by atoms with E-state index in [0.717, 1.165) is 22.2 Å². The van der Waals surface area contributed by atoms with Gasteiger partial charge in [0.1, 0.15) is 12.4 Å². The van der Waals surface area contributed by atoms with Gasteiger partial charge in [0, 0.05) is 10.9 Å². The van der Waals surface area contributed by atoms with Crippen LogP contribution in [0.4, 0.5) is 0 Å². The topological polar surface area (TPSA) is 78.6 Å². The molecule has 4 rings (SSSR count). The molecule has 4 aromatic rings. The number of para-hydroxylation sites is 1. The predicted molar refractivity (Wildman–Crippen MR) is 111 cm³/mol. The number of aromatic nitrogens is 1. The number of hydrogen-bond donors (Lipinski definition) is 0. The summed E-state index contributed by atoms with van der Waals surface area (Å²) < 4.78 is 15.5. The third-order valence-corrected chi connectivity index (χ3v) is 4.78. The van der Waals surface area contributed by atoms with Gasteiger partial charge in [-0.3, -0.25) is 0 Å². The number of rotatable bonds is 5. The van der Waals surface area contributed by atoms with E-state index in [2.05, 4.69) is 4.74 Å². The number of fused-ring (bicyclic) bond motifs is 1. The summed E-state index contributed by atoms with van der Waals surface area (Å²) in [6.45, 7) is 1.76. The molecule has 0 saturated carbocycles. The molecule has 2 aromatic carbocycles. The Morgan fingerprint density at radius 2 is 1.67 bits per heavy atom. The van der Waals surface area contributed by atoms with E-state index in [4.69, 9.17) is 14.1 Å². The van der Waals surface area contributed by atoms with E-state index in [1.165, 1.54) is 13.2 Å². The van der Waals surface area contributed by atoms with Crippen molar-refractivity contribution in [3.05, 3.63) is 89.4 Å². The van der Waals surface area contributed by atoms with Gasteiger partial charge in [-0.25, -0.2) is 14.6 Å². The monoisotopic (exact) mass is 401 g/mol. The van der Waals surface area contributed by atoms with Crippen LogP contribution in [-0.4, -0.2) is 24.0 Å². The van der Waals surface area contributed by atoms with Crippen LogP contribution in [0.15, 0.2) is 71.1 Å². The summed E-state index contributed by atoms with van der Waals surface area (Å²) in [5.74, 6) is -0.668. The second-order valence-corrected chi connectivity index (χ2v) is 6.68. The maximum absolute atomic E-state index is 13.0. The standard InChI is InChI=1S/C24H19NO5/c1-15-21(24(27)29-14-17-12-13-20(30-17)23(26)28-2)18-10-6-7-11-19(18)25-22(15)16-8-4-3-5-9-16/h3-13H,14H2,1-2H3. The molecule has 0 amide bonds. The van der Waals surface area contributed by atoms with Crippen molar-refractivity contribution in [3.63, 3.8) is 0 Å². The van der Waals surface area contributed by atoms with Gasteiger partial charge in [-0.15, -0.1) is 0 Å². The number of nitrogens with zero attached hydrogens (tertiary/aromatic N) is 1. The molecular formula is C24H19NO5. The van der Waals surface area contributed by atoms with Gasteiger partial charge in [0.05, 0.1) is 23.9 Å². The van der Waals surface area contributed by atoms with Gasteiger partial charge in [0.25, 0.3) is 0 Å². The second-order valence-electron chi connectivity index (χ2n) is 6.68. The van der Waals surface area contributed by atoms with Crippen LogP contribution in [0.3, 0.4) is 0 Å². The summed E-state index contributed by atoms with van der Waals surface area (Å²) in [5, 5.41) is 0.717. The number of furan rings is 1. The first-order chi connectivity index (χ1) is 14.6. The lowest BCUT2D eigenvalue weighted by molar-refractivity contribution is 0.0440. The Labute approximate surface area is 173 Å². The third kappa shape index (κ3) is 3.67. The highest BCUT2D eigenvalue weighted by atomic mass is 16.5. The lowest BCUT2D eigenvalue weighted by Gasteiger charge is -2.14. The van der Waals surface area contributed by atoms with Crippen molar-refractivity contribution in [3.8, 4) is 11.3 Å². The third-order valence-electron chi connectivity index (χ3n) is 4.78. The average Bonchev–Trinajstić information content (AvgIpc) is 3.26. The highest BCUT2D eigenvalue weighted by molar-refractivity contribution is 6.06. The maximum atomic E-state index is 13.0. The fraction of sp³-hybridized carbons (Fsp3) is 0.125. The van der Waals surface area contributed by atoms with Crippen LogP contribution in [0.1, 0.15) is 32.2 Å². The molecule has 0 bridgehead atoms.